The monoisotopic (exact) mass is 421 g/mol. The maximum absolute atomic E-state index is 5.47. The van der Waals surface area contributed by atoms with E-state index in [0.717, 1.165) is 55.8 Å². The number of hydrogen-bond donors (Lipinski definition) is 2. The van der Waals surface area contributed by atoms with Crippen LogP contribution in [0.15, 0.2) is 52.1 Å². The van der Waals surface area contributed by atoms with Crippen molar-refractivity contribution < 1.29 is 4.42 Å². The molecule has 0 radical (unpaired) electrons. The van der Waals surface area contributed by atoms with Crippen molar-refractivity contribution >= 4 is 5.96 Å². The van der Waals surface area contributed by atoms with Crippen LogP contribution in [0.3, 0.4) is 0 Å². The lowest BCUT2D eigenvalue weighted by atomic mass is 10.1. The topological polar surface area (TPSA) is 83.5 Å². The average molecular weight is 422 g/mol. The molecule has 1 aliphatic rings. The highest BCUT2D eigenvalue weighted by Gasteiger charge is 2.24. The predicted octanol–water partition coefficient (Wildman–Crippen LogP) is 3.01. The van der Waals surface area contributed by atoms with Crippen LogP contribution in [0.4, 0.5) is 0 Å². The smallest absolute Gasteiger partial charge is 0.191 e. The van der Waals surface area contributed by atoms with Crippen molar-refractivity contribution in [3.05, 3.63) is 71.2 Å². The Balaban J connectivity index is 1.37. The third-order valence-electron chi connectivity index (χ3n) is 5.53. The summed E-state index contributed by atoms with van der Waals surface area (Å²) in [5.41, 5.74) is 2.53. The van der Waals surface area contributed by atoms with Crippen LogP contribution in [-0.2, 0) is 26.2 Å². The molecule has 1 aromatic carbocycles. The molecule has 8 heteroatoms. The Hall–Kier alpha value is -3.13. The Morgan fingerprint density at radius 2 is 2.06 bits per heavy atom. The molecule has 1 atom stereocenters. The van der Waals surface area contributed by atoms with Crippen molar-refractivity contribution in [2.24, 2.45) is 4.99 Å². The number of aromatic nitrogens is 3. The van der Waals surface area contributed by atoms with E-state index in [0.29, 0.717) is 6.54 Å². The van der Waals surface area contributed by atoms with Gasteiger partial charge < -0.3 is 15.1 Å². The minimum absolute atomic E-state index is 0.121. The van der Waals surface area contributed by atoms with E-state index >= 15 is 0 Å². The molecule has 31 heavy (non-hydrogen) atoms. The molecule has 0 spiro atoms. The maximum Gasteiger partial charge on any atom is 0.191 e. The number of aliphatic imine (C=N–C) groups is 1. The molecule has 4 rings (SSSR count). The number of benzene rings is 1. The van der Waals surface area contributed by atoms with Crippen LogP contribution in [0.1, 0.15) is 47.4 Å². The van der Waals surface area contributed by atoms with Crippen LogP contribution in [-0.4, -0.2) is 39.7 Å². The summed E-state index contributed by atoms with van der Waals surface area (Å²) in [7, 11) is 3.91. The van der Waals surface area contributed by atoms with E-state index in [-0.39, 0.29) is 6.04 Å². The van der Waals surface area contributed by atoms with E-state index in [1.807, 2.05) is 23.7 Å². The zero-order valence-corrected chi connectivity index (χ0v) is 18.5. The van der Waals surface area contributed by atoms with Crippen LogP contribution >= 0.6 is 0 Å². The van der Waals surface area contributed by atoms with Crippen LogP contribution in [0.2, 0.25) is 0 Å². The van der Waals surface area contributed by atoms with E-state index < -0.39 is 0 Å². The fourth-order valence-corrected chi connectivity index (χ4v) is 4.04. The fourth-order valence-electron chi connectivity index (χ4n) is 4.04. The minimum Gasteiger partial charge on any atom is -0.468 e. The molecule has 1 aliphatic heterocycles. The molecule has 0 bridgehead atoms. The third-order valence-corrected chi connectivity index (χ3v) is 5.53. The molecule has 0 fully saturated rings. The normalized spacial score (nSPS) is 16.4. The summed E-state index contributed by atoms with van der Waals surface area (Å²) in [4.78, 5) is 11.3. The van der Waals surface area contributed by atoms with Crippen LogP contribution < -0.4 is 10.6 Å². The van der Waals surface area contributed by atoms with Crippen LogP contribution in [0, 0.1) is 6.92 Å². The van der Waals surface area contributed by atoms with E-state index in [4.69, 9.17) is 4.42 Å². The maximum atomic E-state index is 5.47. The predicted molar refractivity (Wildman–Crippen MR) is 120 cm³/mol. The second kappa shape index (κ2) is 9.78. The van der Waals surface area contributed by atoms with Crippen molar-refractivity contribution in [1.82, 2.24) is 30.3 Å². The highest BCUT2D eigenvalue weighted by atomic mass is 16.3. The molecule has 3 heterocycles. The fraction of sp³-hybridized carbons (Fsp3) is 0.435. The Labute approximate surface area is 183 Å². The van der Waals surface area contributed by atoms with Gasteiger partial charge >= 0.3 is 0 Å². The van der Waals surface area contributed by atoms with Gasteiger partial charge in [-0.1, -0.05) is 24.3 Å². The van der Waals surface area contributed by atoms with Gasteiger partial charge in [0.05, 0.1) is 18.8 Å². The Morgan fingerprint density at radius 3 is 2.84 bits per heavy atom. The van der Waals surface area contributed by atoms with E-state index in [2.05, 4.69) is 61.9 Å². The molecule has 2 aromatic heterocycles. The largest absolute Gasteiger partial charge is 0.468 e. The van der Waals surface area contributed by atoms with E-state index in [9.17, 15) is 0 Å². The number of guanidine groups is 1. The van der Waals surface area contributed by atoms with E-state index in [1.54, 1.807) is 13.3 Å². The summed E-state index contributed by atoms with van der Waals surface area (Å²) in [6.45, 7) is 5.19. The summed E-state index contributed by atoms with van der Waals surface area (Å²) in [5, 5.41) is 11.5. The quantitative estimate of drug-likeness (QED) is 0.451. The molecule has 8 nitrogen and oxygen atoms in total. The standard InChI is InChI=1S/C23H31N7O/c1-17-26-22-21(11-6-12-30(22)28-17)27-23(24-2)25-14-18-8-4-5-9-19(18)15-29(3)16-20-10-7-13-31-20/h4-5,7-10,13,21H,6,11-12,14-16H2,1-3H3,(H2,24,25,27). The van der Waals surface area contributed by atoms with Crippen LogP contribution in [0.25, 0.3) is 0 Å². The number of fused-ring (bicyclic) bond motifs is 1. The third kappa shape index (κ3) is 5.32. The number of nitrogens with one attached hydrogen (secondary N) is 2. The minimum atomic E-state index is 0.121. The second-order valence-electron chi connectivity index (χ2n) is 8.03. The van der Waals surface area contributed by atoms with Crippen LogP contribution in [0.5, 0.6) is 0 Å². The summed E-state index contributed by atoms with van der Waals surface area (Å²) < 4.78 is 7.48. The molecular formula is C23H31N7O. The lowest BCUT2D eigenvalue weighted by molar-refractivity contribution is 0.287. The summed E-state index contributed by atoms with van der Waals surface area (Å²) >= 11 is 0. The molecule has 0 saturated carbocycles. The first-order valence-electron chi connectivity index (χ1n) is 10.8. The van der Waals surface area contributed by atoms with Gasteiger partial charge in [0, 0.05) is 26.7 Å². The van der Waals surface area contributed by atoms with Gasteiger partial charge in [-0.2, -0.15) is 5.10 Å². The first kappa shape index (κ1) is 21.1. The Morgan fingerprint density at radius 1 is 1.23 bits per heavy atom. The number of aryl methyl sites for hydroxylation is 2. The van der Waals surface area contributed by atoms with E-state index in [1.165, 1.54) is 11.1 Å². The van der Waals surface area contributed by atoms with Gasteiger partial charge in [-0.25, -0.2) is 9.67 Å². The molecule has 0 aliphatic carbocycles. The van der Waals surface area contributed by atoms with Gasteiger partial charge in [0.2, 0.25) is 0 Å². The van der Waals surface area contributed by atoms with Crippen molar-refractivity contribution in [2.45, 2.75) is 52.0 Å². The Bertz CT molecular complexity index is 1010. The first-order valence-corrected chi connectivity index (χ1v) is 10.8. The van der Waals surface area contributed by atoms with Crippen molar-refractivity contribution in [2.75, 3.05) is 14.1 Å². The highest BCUT2D eigenvalue weighted by molar-refractivity contribution is 5.80. The van der Waals surface area contributed by atoms with Crippen molar-refractivity contribution in [3.8, 4) is 0 Å². The molecule has 2 N–H and O–H groups in total. The molecule has 0 amide bonds. The molecular weight excluding hydrogens is 390 g/mol. The zero-order chi connectivity index (χ0) is 21.6. The van der Waals surface area contributed by atoms with Crippen molar-refractivity contribution in [1.29, 1.82) is 0 Å². The second-order valence-corrected chi connectivity index (χ2v) is 8.03. The first-order chi connectivity index (χ1) is 15.1. The summed E-state index contributed by atoms with van der Waals surface area (Å²) in [6.07, 6.45) is 3.82. The van der Waals surface area contributed by atoms with Gasteiger partial charge in [0.1, 0.15) is 17.4 Å². The molecule has 0 saturated heterocycles. The number of rotatable bonds is 7. The van der Waals surface area contributed by atoms with Gasteiger partial charge in [0.15, 0.2) is 5.96 Å². The summed E-state index contributed by atoms with van der Waals surface area (Å²) in [6, 6.07) is 12.6. The lowest BCUT2D eigenvalue weighted by Gasteiger charge is -2.25. The van der Waals surface area contributed by atoms with Gasteiger partial charge in [-0.05, 0) is 50.1 Å². The highest BCUT2D eigenvalue weighted by Crippen LogP contribution is 2.23. The lowest BCUT2D eigenvalue weighted by Crippen LogP contribution is -2.41. The van der Waals surface area contributed by atoms with Crippen molar-refractivity contribution in [3.63, 3.8) is 0 Å². The number of furan rings is 1. The van der Waals surface area contributed by atoms with Gasteiger partial charge in [-0.3, -0.25) is 9.89 Å². The SMILES string of the molecule is CN=C(NCc1ccccc1CN(C)Cc1ccco1)NC1CCCn2nc(C)nc21. The molecule has 3 aromatic rings. The van der Waals surface area contributed by atoms with Gasteiger partial charge in [-0.15, -0.1) is 0 Å². The van der Waals surface area contributed by atoms with Gasteiger partial charge in [0.25, 0.3) is 0 Å². The number of hydrogen-bond acceptors (Lipinski definition) is 5. The molecule has 1 unspecified atom stereocenters. The molecule has 164 valence electrons. The summed E-state index contributed by atoms with van der Waals surface area (Å²) in [5.74, 6) is 3.56. The zero-order valence-electron chi connectivity index (χ0n) is 18.5. The number of nitrogens with zero attached hydrogens (tertiary/aromatic N) is 5. The Kier molecular flexibility index (Phi) is 6.66. The average Bonchev–Trinajstić information content (AvgIpc) is 3.41.